The van der Waals surface area contributed by atoms with Crippen LogP contribution in [0.15, 0.2) is 0 Å². The lowest BCUT2D eigenvalue weighted by molar-refractivity contribution is 0.485. The van der Waals surface area contributed by atoms with Gasteiger partial charge in [-0.15, -0.1) is 0 Å². The van der Waals surface area contributed by atoms with Crippen molar-refractivity contribution in [3.63, 3.8) is 0 Å². The van der Waals surface area contributed by atoms with Gasteiger partial charge in [-0.1, -0.05) is 0 Å². The summed E-state index contributed by atoms with van der Waals surface area (Å²) >= 11 is 0.846. The van der Waals surface area contributed by atoms with Gasteiger partial charge in [-0.3, -0.25) is 0 Å². The molecule has 6 heteroatoms. The first-order chi connectivity index (χ1) is 4.42. The van der Waals surface area contributed by atoms with Crippen molar-refractivity contribution in [1.29, 1.82) is 0 Å². The molecule has 0 saturated heterocycles. The Kier molecular flexibility index (Phi) is 4.20. The third kappa shape index (κ3) is 8.16. The lowest BCUT2D eigenvalue weighted by Gasteiger charge is -2.13. The molecule has 0 aliphatic rings. The van der Waals surface area contributed by atoms with E-state index in [0.717, 1.165) is 11.8 Å². The van der Waals surface area contributed by atoms with Crippen LogP contribution in [0.1, 0.15) is 6.92 Å². The molecule has 2 N–H and O–H groups in total. The summed E-state index contributed by atoms with van der Waals surface area (Å²) in [4.78, 5) is 0. The summed E-state index contributed by atoms with van der Waals surface area (Å²) in [5.41, 5.74) is 4.51. The van der Waals surface area contributed by atoms with E-state index in [0.29, 0.717) is 5.75 Å². The zero-order valence-corrected chi connectivity index (χ0v) is 6.50. The van der Waals surface area contributed by atoms with Crippen LogP contribution in [-0.4, -0.2) is 24.4 Å². The molecule has 0 heterocycles. The van der Waals surface area contributed by atoms with Gasteiger partial charge in [0, 0.05) is 11.8 Å². The largest absolute Gasteiger partial charge is 0.488 e. The highest BCUT2D eigenvalue weighted by Crippen LogP contribution is 2.15. The molecule has 0 aromatic heterocycles. The number of nitrogens with two attached hydrogens (primary N) is 1. The summed E-state index contributed by atoms with van der Waals surface area (Å²) in [6.07, 6.45) is 0. The van der Waals surface area contributed by atoms with Crippen LogP contribution in [0.2, 0.25) is 0 Å². The van der Waals surface area contributed by atoms with E-state index in [1.807, 2.05) is 0 Å². The molecule has 10 heavy (non-hydrogen) atoms. The van der Waals surface area contributed by atoms with Gasteiger partial charge in [0.05, 0.1) is 0 Å². The summed E-state index contributed by atoms with van der Waals surface area (Å²) in [5.74, 6) is 0.376. The molecule has 0 amide bonds. The van der Waals surface area contributed by atoms with Gasteiger partial charge in [-0.25, -0.2) is 0 Å². The maximum absolute atomic E-state index is 11.5. The number of thioether (sulfide) groups is 1. The van der Waals surface area contributed by atoms with Crippen LogP contribution < -0.4 is 5.73 Å². The van der Waals surface area contributed by atoms with Crippen LogP contribution in [0.5, 0.6) is 0 Å². The van der Waals surface area contributed by atoms with Crippen LogP contribution in [0, 0.1) is 0 Å². The van der Waals surface area contributed by atoms with E-state index in [1.165, 1.54) is 0 Å². The van der Waals surface area contributed by atoms with Crippen LogP contribution in [-0.2, 0) is 0 Å². The van der Waals surface area contributed by atoms with Crippen molar-refractivity contribution >= 4 is 18.7 Å². The first-order valence-corrected chi connectivity index (χ1v) is 4.11. The maximum Gasteiger partial charge on any atom is 0.488 e. The van der Waals surface area contributed by atoms with E-state index in [1.54, 1.807) is 6.92 Å². The van der Waals surface area contributed by atoms with Crippen LogP contribution in [0.3, 0.4) is 0 Å². The van der Waals surface area contributed by atoms with Crippen molar-refractivity contribution in [2.24, 2.45) is 5.73 Å². The fraction of sp³-hybridized carbons (Fsp3) is 1.00. The van der Waals surface area contributed by atoms with Crippen molar-refractivity contribution in [3.05, 3.63) is 0 Å². The summed E-state index contributed by atoms with van der Waals surface area (Å²) < 4.78 is 34.5. The average Bonchev–Trinajstić information content (AvgIpc) is 1.59. The van der Waals surface area contributed by atoms with Crippen molar-refractivity contribution in [2.75, 3.05) is 11.4 Å². The Balaban J connectivity index is 3.21. The summed E-state index contributed by atoms with van der Waals surface area (Å²) in [7, 11) is 0. The quantitative estimate of drug-likeness (QED) is 0.649. The Hall–Kier alpha value is 0.165. The van der Waals surface area contributed by atoms with E-state index >= 15 is 0 Å². The molecule has 0 rings (SSSR count). The molecule has 1 unspecified atom stereocenters. The number of halogens is 3. The van der Waals surface area contributed by atoms with E-state index in [9.17, 15) is 12.9 Å². The lowest BCUT2D eigenvalue weighted by atomic mass is 9.98. The number of rotatable bonds is 4. The Morgan fingerprint density at radius 2 is 2.00 bits per heavy atom. The summed E-state index contributed by atoms with van der Waals surface area (Å²) in [5, 5.41) is 0. The molecule has 0 bridgehead atoms. The first kappa shape index (κ1) is 10.2. The van der Waals surface area contributed by atoms with E-state index < -0.39 is 12.6 Å². The minimum atomic E-state index is -4.62. The second-order valence-corrected chi connectivity index (χ2v) is 3.30. The number of hydrogen-bond donors (Lipinski definition) is 1. The van der Waals surface area contributed by atoms with Crippen molar-refractivity contribution in [3.8, 4) is 0 Å². The van der Waals surface area contributed by atoms with Gasteiger partial charge in [-0.2, -0.15) is 11.8 Å². The second kappa shape index (κ2) is 4.13. The topological polar surface area (TPSA) is 26.0 Å². The van der Waals surface area contributed by atoms with Gasteiger partial charge < -0.3 is 18.7 Å². The van der Waals surface area contributed by atoms with Crippen molar-refractivity contribution in [1.82, 2.24) is 0 Å². The minimum absolute atomic E-state index is 0.150. The Bertz CT molecular complexity index is 95.0. The number of hydrogen-bond acceptors (Lipinski definition) is 2. The third-order valence-corrected chi connectivity index (χ3v) is 2.06. The molecule has 0 radical (unpaired) electrons. The second-order valence-electron chi connectivity index (χ2n) is 2.23. The minimum Gasteiger partial charge on any atom is -0.448 e. The van der Waals surface area contributed by atoms with Gasteiger partial charge in [0.2, 0.25) is 0 Å². The van der Waals surface area contributed by atoms with Gasteiger partial charge in [0.25, 0.3) is 0 Å². The van der Waals surface area contributed by atoms with E-state index in [2.05, 4.69) is 0 Å². The molecular formula is C4H10BF3NS-. The Labute approximate surface area is 62.6 Å². The molecular weight excluding hydrogens is 162 g/mol. The normalized spacial score (nSPS) is 15.3. The maximum atomic E-state index is 11.5. The molecule has 0 spiro atoms. The standard InChI is InChI=1S/C4H10BF3NS/c1-4(9)2-10-3-5(6,7)8/h4H,2-3,9H2,1H3/q-1. The van der Waals surface area contributed by atoms with Crippen LogP contribution in [0.25, 0.3) is 0 Å². The molecule has 0 aliphatic heterocycles. The highest BCUT2D eigenvalue weighted by atomic mass is 32.2. The molecule has 0 aliphatic carbocycles. The molecule has 0 saturated carbocycles. The highest BCUT2D eigenvalue weighted by molar-refractivity contribution is 8.00. The predicted octanol–water partition coefficient (Wildman–Crippen LogP) is 1.45. The lowest BCUT2D eigenvalue weighted by Crippen LogP contribution is -2.23. The molecule has 1 atom stereocenters. The van der Waals surface area contributed by atoms with Crippen LogP contribution in [0.4, 0.5) is 12.9 Å². The summed E-state index contributed by atoms with van der Waals surface area (Å²) in [6.45, 7) is -2.93. The van der Waals surface area contributed by atoms with Crippen molar-refractivity contribution in [2.45, 2.75) is 13.0 Å². The van der Waals surface area contributed by atoms with Crippen LogP contribution >= 0.6 is 11.8 Å². The smallest absolute Gasteiger partial charge is 0.448 e. The highest BCUT2D eigenvalue weighted by Gasteiger charge is 2.22. The first-order valence-electron chi connectivity index (χ1n) is 2.96. The fourth-order valence-corrected chi connectivity index (χ4v) is 1.16. The van der Waals surface area contributed by atoms with Gasteiger partial charge in [0.15, 0.2) is 0 Å². The van der Waals surface area contributed by atoms with Gasteiger partial charge in [-0.05, 0) is 12.6 Å². The molecule has 1 nitrogen and oxygen atoms in total. The molecule has 0 aromatic carbocycles. The molecule has 62 valence electrons. The summed E-state index contributed by atoms with van der Waals surface area (Å²) in [6, 6.07) is -0.150. The Morgan fingerprint density at radius 3 is 2.30 bits per heavy atom. The van der Waals surface area contributed by atoms with Crippen molar-refractivity contribution < 1.29 is 12.9 Å². The van der Waals surface area contributed by atoms with Gasteiger partial charge in [0.1, 0.15) is 0 Å². The fourth-order valence-electron chi connectivity index (χ4n) is 0.388. The Morgan fingerprint density at radius 1 is 1.50 bits per heavy atom. The average molecular weight is 172 g/mol. The third-order valence-electron chi connectivity index (χ3n) is 0.688. The monoisotopic (exact) mass is 172 g/mol. The zero-order chi connectivity index (χ0) is 8.20. The van der Waals surface area contributed by atoms with E-state index in [4.69, 9.17) is 5.73 Å². The van der Waals surface area contributed by atoms with E-state index in [-0.39, 0.29) is 6.04 Å². The predicted molar refractivity (Wildman–Crippen MR) is 40.1 cm³/mol. The SMILES string of the molecule is CC(N)CSC[B-](F)(F)F. The van der Waals surface area contributed by atoms with Gasteiger partial charge >= 0.3 is 6.98 Å². The molecule has 0 aromatic rings. The zero-order valence-electron chi connectivity index (χ0n) is 5.69. The molecule has 0 fully saturated rings.